The average Bonchev–Trinajstić information content (AvgIpc) is 2.94. The summed E-state index contributed by atoms with van der Waals surface area (Å²) in [5.41, 5.74) is 8.53. The van der Waals surface area contributed by atoms with E-state index in [1.165, 1.54) is 37.1 Å². The van der Waals surface area contributed by atoms with Gasteiger partial charge in [0, 0.05) is 17.1 Å². The Balaban J connectivity index is 2.01. The molecule has 1 heterocycles. The zero-order chi connectivity index (χ0) is 15.2. The van der Waals surface area contributed by atoms with Gasteiger partial charge in [-0.1, -0.05) is 22.9 Å². The topological polar surface area (TPSA) is 38.5 Å². The van der Waals surface area contributed by atoms with Gasteiger partial charge in [0.05, 0.1) is 0 Å². The van der Waals surface area contributed by atoms with E-state index >= 15 is 0 Å². The van der Waals surface area contributed by atoms with Gasteiger partial charge in [0.1, 0.15) is 12.4 Å². The summed E-state index contributed by atoms with van der Waals surface area (Å²) in [6.45, 7) is 8.46. The Morgan fingerprint density at radius 1 is 1.33 bits per heavy atom. The number of nitrogens with zero attached hydrogens (tertiary/aromatic N) is 1. The van der Waals surface area contributed by atoms with Crippen molar-refractivity contribution < 1.29 is 4.74 Å². The number of rotatable bonds is 7. The largest absolute Gasteiger partial charge is 0.492 e. The van der Waals surface area contributed by atoms with Crippen molar-refractivity contribution in [2.45, 2.75) is 45.6 Å². The molecule has 1 unspecified atom stereocenters. The summed E-state index contributed by atoms with van der Waals surface area (Å²) in [6, 6.07) is 4.46. The van der Waals surface area contributed by atoms with E-state index in [2.05, 4.69) is 46.8 Å². The van der Waals surface area contributed by atoms with Gasteiger partial charge in [0.15, 0.2) is 0 Å². The van der Waals surface area contributed by atoms with Crippen LogP contribution in [0.4, 0.5) is 0 Å². The predicted octanol–water partition coefficient (Wildman–Crippen LogP) is 3.51. The Hall–Kier alpha value is -0.580. The quantitative estimate of drug-likeness (QED) is 0.814. The summed E-state index contributed by atoms with van der Waals surface area (Å²) in [5, 5.41) is 0. The van der Waals surface area contributed by atoms with Crippen LogP contribution in [0.2, 0.25) is 0 Å². The minimum Gasteiger partial charge on any atom is -0.492 e. The minimum absolute atomic E-state index is 0.194. The van der Waals surface area contributed by atoms with E-state index < -0.39 is 0 Å². The monoisotopic (exact) mass is 354 g/mol. The molecule has 21 heavy (non-hydrogen) atoms. The minimum atomic E-state index is 0.194. The Labute approximate surface area is 137 Å². The van der Waals surface area contributed by atoms with Gasteiger partial charge in [-0.05, 0) is 69.0 Å². The lowest BCUT2D eigenvalue weighted by Crippen LogP contribution is -2.26. The zero-order valence-corrected chi connectivity index (χ0v) is 14.8. The second kappa shape index (κ2) is 8.16. The van der Waals surface area contributed by atoms with Crippen LogP contribution in [-0.2, 0) is 6.42 Å². The van der Waals surface area contributed by atoms with Crippen molar-refractivity contribution in [3.63, 3.8) is 0 Å². The normalized spacial score (nSPS) is 17.1. The molecule has 118 valence electrons. The summed E-state index contributed by atoms with van der Waals surface area (Å²) in [7, 11) is 0. The summed E-state index contributed by atoms with van der Waals surface area (Å²) < 4.78 is 7.21. The van der Waals surface area contributed by atoms with Crippen LogP contribution in [0.25, 0.3) is 0 Å². The van der Waals surface area contributed by atoms with Crippen LogP contribution in [0.5, 0.6) is 5.75 Å². The van der Waals surface area contributed by atoms with Gasteiger partial charge in [-0.15, -0.1) is 0 Å². The molecule has 2 N–H and O–H groups in total. The number of halogens is 1. The Bertz CT molecular complexity index is 458. The SMILES string of the molecule is CCC(N)Cc1cc(Br)cc(C)c1OCCN1CCCC1. The number of aryl methyl sites for hydroxylation is 1. The predicted molar refractivity (Wildman–Crippen MR) is 92.0 cm³/mol. The average molecular weight is 355 g/mol. The highest BCUT2D eigenvalue weighted by Crippen LogP contribution is 2.29. The number of nitrogens with two attached hydrogens (primary N) is 1. The van der Waals surface area contributed by atoms with Crippen molar-refractivity contribution in [1.29, 1.82) is 0 Å². The first kappa shape index (κ1) is 16.8. The highest BCUT2D eigenvalue weighted by molar-refractivity contribution is 9.10. The van der Waals surface area contributed by atoms with Crippen LogP contribution < -0.4 is 10.5 Å². The lowest BCUT2D eigenvalue weighted by atomic mass is 10.0. The van der Waals surface area contributed by atoms with Gasteiger partial charge in [0.2, 0.25) is 0 Å². The molecule has 0 bridgehead atoms. The van der Waals surface area contributed by atoms with Crippen LogP contribution in [0.15, 0.2) is 16.6 Å². The molecule has 0 saturated carbocycles. The molecule has 0 aliphatic carbocycles. The molecule has 0 radical (unpaired) electrons. The van der Waals surface area contributed by atoms with Crippen LogP contribution in [0, 0.1) is 6.92 Å². The van der Waals surface area contributed by atoms with Gasteiger partial charge in [0.25, 0.3) is 0 Å². The van der Waals surface area contributed by atoms with E-state index in [4.69, 9.17) is 10.5 Å². The van der Waals surface area contributed by atoms with Crippen LogP contribution >= 0.6 is 15.9 Å². The number of benzene rings is 1. The van der Waals surface area contributed by atoms with Crippen molar-refractivity contribution in [2.75, 3.05) is 26.2 Å². The summed E-state index contributed by atoms with van der Waals surface area (Å²) >= 11 is 3.58. The third-order valence-corrected chi connectivity index (χ3v) is 4.63. The van der Waals surface area contributed by atoms with E-state index in [1.54, 1.807) is 0 Å². The van der Waals surface area contributed by atoms with Crippen molar-refractivity contribution in [2.24, 2.45) is 5.73 Å². The molecule has 4 heteroatoms. The molecule has 0 spiro atoms. The van der Waals surface area contributed by atoms with E-state index in [-0.39, 0.29) is 6.04 Å². The third-order valence-electron chi connectivity index (χ3n) is 4.18. The van der Waals surface area contributed by atoms with Gasteiger partial charge in [-0.25, -0.2) is 0 Å². The molecule has 1 aromatic rings. The molecule has 1 fully saturated rings. The van der Waals surface area contributed by atoms with E-state index in [1.807, 2.05) is 0 Å². The van der Waals surface area contributed by atoms with Crippen molar-refractivity contribution in [3.8, 4) is 5.75 Å². The molecule has 1 aromatic carbocycles. The van der Waals surface area contributed by atoms with Gasteiger partial charge in [-0.2, -0.15) is 0 Å². The molecule has 3 nitrogen and oxygen atoms in total. The first-order valence-corrected chi connectivity index (χ1v) is 8.79. The maximum atomic E-state index is 6.12. The molecular weight excluding hydrogens is 328 g/mol. The van der Waals surface area contributed by atoms with Gasteiger partial charge in [-0.3, -0.25) is 4.90 Å². The lowest BCUT2D eigenvalue weighted by molar-refractivity contribution is 0.235. The van der Waals surface area contributed by atoms with Crippen molar-refractivity contribution in [3.05, 3.63) is 27.7 Å². The number of ether oxygens (including phenoxy) is 1. The van der Waals surface area contributed by atoms with E-state index in [0.717, 1.165) is 36.2 Å². The second-order valence-corrected chi connectivity index (χ2v) is 6.90. The van der Waals surface area contributed by atoms with Crippen molar-refractivity contribution in [1.82, 2.24) is 4.90 Å². The molecule has 1 aliphatic rings. The van der Waals surface area contributed by atoms with Crippen LogP contribution in [-0.4, -0.2) is 37.2 Å². The molecule has 1 saturated heterocycles. The van der Waals surface area contributed by atoms with E-state index in [0.29, 0.717) is 0 Å². The molecule has 1 atom stereocenters. The van der Waals surface area contributed by atoms with Gasteiger partial charge >= 0.3 is 0 Å². The Kier molecular flexibility index (Phi) is 6.52. The lowest BCUT2D eigenvalue weighted by Gasteiger charge is -2.19. The van der Waals surface area contributed by atoms with Crippen LogP contribution in [0.3, 0.4) is 0 Å². The highest BCUT2D eigenvalue weighted by Gasteiger charge is 2.14. The van der Waals surface area contributed by atoms with E-state index in [9.17, 15) is 0 Å². The smallest absolute Gasteiger partial charge is 0.125 e. The summed E-state index contributed by atoms with van der Waals surface area (Å²) in [5.74, 6) is 1.03. The molecule has 2 rings (SSSR count). The second-order valence-electron chi connectivity index (χ2n) is 5.98. The summed E-state index contributed by atoms with van der Waals surface area (Å²) in [6.07, 6.45) is 4.51. The maximum absolute atomic E-state index is 6.12. The maximum Gasteiger partial charge on any atom is 0.125 e. The highest BCUT2D eigenvalue weighted by atomic mass is 79.9. The van der Waals surface area contributed by atoms with Crippen LogP contribution in [0.1, 0.15) is 37.3 Å². The first-order valence-electron chi connectivity index (χ1n) is 8.00. The fourth-order valence-corrected chi connectivity index (χ4v) is 3.49. The standard InChI is InChI=1S/C17H27BrN2O/c1-3-16(19)12-14-11-15(18)10-13(2)17(14)21-9-8-20-6-4-5-7-20/h10-11,16H,3-9,12,19H2,1-2H3. The fourth-order valence-electron chi connectivity index (χ4n) is 2.87. The third kappa shape index (κ3) is 4.97. The number of hydrogen-bond acceptors (Lipinski definition) is 3. The Morgan fingerprint density at radius 3 is 2.71 bits per heavy atom. The molecule has 1 aliphatic heterocycles. The van der Waals surface area contributed by atoms with Crippen molar-refractivity contribution >= 4 is 15.9 Å². The number of hydrogen-bond donors (Lipinski definition) is 1. The first-order chi connectivity index (χ1) is 10.1. The summed E-state index contributed by atoms with van der Waals surface area (Å²) in [4.78, 5) is 2.48. The molecule has 0 amide bonds. The molecule has 0 aromatic heterocycles. The van der Waals surface area contributed by atoms with Gasteiger partial charge < -0.3 is 10.5 Å². The molecular formula is C17H27BrN2O. The number of likely N-dealkylation sites (tertiary alicyclic amines) is 1. The fraction of sp³-hybridized carbons (Fsp3) is 0.647. The Morgan fingerprint density at radius 2 is 2.05 bits per heavy atom. The zero-order valence-electron chi connectivity index (χ0n) is 13.2.